The summed E-state index contributed by atoms with van der Waals surface area (Å²) in [6.07, 6.45) is 0. The monoisotopic (exact) mass is 223 g/mol. The van der Waals surface area contributed by atoms with Gasteiger partial charge in [-0.25, -0.2) is 8.78 Å². The first-order chi connectivity index (χ1) is 7.18. The van der Waals surface area contributed by atoms with Gasteiger partial charge >= 0.3 is 0 Å². The van der Waals surface area contributed by atoms with E-state index in [9.17, 15) is 8.78 Å². The lowest BCUT2D eigenvalue weighted by molar-refractivity contribution is 0.627. The minimum Gasteiger partial charge on any atom is -0.207 e. The first-order valence-electron chi connectivity index (χ1n) is 4.30. The predicted octanol–water partition coefficient (Wildman–Crippen LogP) is 4.09. The van der Waals surface area contributed by atoms with Gasteiger partial charge in [-0.2, -0.15) is 0 Å². The van der Waals surface area contributed by atoms with Crippen molar-refractivity contribution in [1.82, 2.24) is 0 Å². The highest BCUT2D eigenvalue weighted by molar-refractivity contribution is 6.33. The molecule has 0 amide bonds. The van der Waals surface area contributed by atoms with Crippen LogP contribution in [0, 0.1) is 17.7 Å². The molecular weight excluding hydrogens is 218 g/mol. The molecule has 2 rings (SSSR count). The van der Waals surface area contributed by atoms with E-state index in [4.69, 9.17) is 11.6 Å². The third-order valence-electron chi connectivity index (χ3n) is 2.02. The molecule has 0 heterocycles. The number of rotatable bonds is 1. The molecule has 2 aromatic rings. The molecule has 0 unspecified atom stereocenters. The minimum atomic E-state index is -0.505. The van der Waals surface area contributed by atoms with Crippen LogP contribution in [0.15, 0.2) is 36.4 Å². The number of halogens is 3. The van der Waals surface area contributed by atoms with Gasteiger partial charge in [0.2, 0.25) is 0 Å². The average molecular weight is 224 g/mol. The van der Waals surface area contributed by atoms with Crippen molar-refractivity contribution in [2.24, 2.45) is 0 Å². The summed E-state index contributed by atoms with van der Waals surface area (Å²) >= 11 is 5.77. The SMILES string of the molecule is Fc1ccc(-c2[c]ccc(F)c2Cl)cc1. The summed E-state index contributed by atoms with van der Waals surface area (Å²) < 4.78 is 25.8. The Morgan fingerprint density at radius 3 is 2.33 bits per heavy atom. The molecule has 0 aliphatic rings. The van der Waals surface area contributed by atoms with Gasteiger partial charge in [0, 0.05) is 5.56 Å². The first kappa shape index (κ1) is 10.1. The average Bonchev–Trinajstić information content (AvgIpc) is 2.24. The molecular formula is C12H6ClF2. The number of benzene rings is 2. The third kappa shape index (κ3) is 2.00. The van der Waals surface area contributed by atoms with E-state index < -0.39 is 5.82 Å². The molecule has 0 atom stereocenters. The molecule has 1 radical (unpaired) electrons. The van der Waals surface area contributed by atoms with E-state index in [0.717, 1.165) is 0 Å². The highest BCUT2D eigenvalue weighted by atomic mass is 35.5. The van der Waals surface area contributed by atoms with Gasteiger partial charge in [-0.05, 0) is 29.8 Å². The quantitative estimate of drug-likeness (QED) is 0.683. The Hall–Kier alpha value is -1.41. The molecule has 3 heteroatoms. The van der Waals surface area contributed by atoms with Crippen molar-refractivity contribution in [3.05, 3.63) is 59.1 Å². The van der Waals surface area contributed by atoms with E-state index in [-0.39, 0.29) is 10.8 Å². The Kier molecular flexibility index (Phi) is 2.69. The molecule has 0 aliphatic heterocycles. The van der Waals surface area contributed by atoms with Crippen LogP contribution in [-0.2, 0) is 0 Å². The Morgan fingerprint density at radius 1 is 1.00 bits per heavy atom. The molecule has 2 aromatic carbocycles. The molecule has 0 N–H and O–H groups in total. The van der Waals surface area contributed by atoms with Gasteiger partial charge in [0.05, 0.1) is 5.02 Å². The molecule has 15 heavy (non-hydrogen) atoms. The molecule has 75 valence electrons. The van der Waals surface area contributed by atoms with Crippen LogP contribution < -0.4 is 0 Å². The Balaban J connectivity index is 2.54. The lowest BCUT2D eigenvalue weighted by atomic mass is 10.1. The van der Waals surface area contributed by atoms with Crippen molar-refractivity contribution in [1.29, 1.82) is 0 Å². The summed E-state index contributed by atoms with van der Waals surface area (Å²) in [5.74, 6) is -0.846. The van der Waals surface area contributed by atoms with Gasteiger partial charge in [-0.3, -0.25) is 0 Å². The van der Waals surface area contributed by atoms with E-state index in [1.54, 1.807) is 0 Å². The Labute approximate surface area is 91.1 Å². The zero-order chi connectivity index (χ0) is 10.8. The highest BCUT2D eigenvalue weighted by Crippen LogP contribution is 2.29. The fourth-order valence-electron chi connectivity index (χ4n) is 1.28. The van der Waals surface area contributed by atoms with Crippen molar-refractivity contribution in [2.75, 3.05) is 0 Å². The first-order valence-corrected chi connectivity index (χ1v) is 4.68. The molecule has 0 saturated carbocycles. The largest absolute Gasteiger partial charge is 0.207 e. The van der Waals surface area contributed by atoms with Crippen molar-refractivity contribution in [3.63, 3.8) is 0 Å². The van der Waals surface area contributed by atoms with Crippen molar-refractivity contribution < 1.29 is 8.78 Å². The second-order valence-electron chi connectivity index (χ2n) is 3.02. The minimum absolute atomic E-state index is 0.00380. The molecule has 0 aliphatic carbocycles. The Bertz CT molecular complexity index is 477. The zero-order valence-corrected chi connectivity index (χ0v) is 8.35. The lowest BCUT2D eigenvalue weighted by Crippen LogP contribution is -1.84. The van der Waals surface area contributed by atoms with Crippen LogP contribution in [0.25, 0.3) is 11.1 Å². The fourth-order valence-corrected chi connectivity index (χ4v) is 1.51. The molecule has 0 saturated heterocycles. The highest BCUT2D eigenvalue weighted by Gasteiger charge is 2.07. The summed E-state index contributed by atoms with van der Waals surface area (Å²) in [6, 6.07) is 11.2. The van der Waals surface area contributed by atoms with E-state index in [1.807, 2.05) is 0 Å². The summed E-state index contributed by atoms with van der Waals surface area (Å²) in [5, 5.41) is 0.00380. The van der Waals surface area contributed by atoms with Gasteiger partial charge in [0.1, 0.15) is 11.6 Å². The molecule has 0 bridgehead atoms. The van der Waals surface area contributed by atoms with Crippen molar-refractivity contribution in [3.8, 4) is 11.1 Å². The number of hydrogen-bond acceptors (Lipinski definition) is 0. The summed E-state index contributed by atoms with van der Waals surface area (Å²) in [7, 11) is 0. The van der Waals surface area contributed by atoms with Crippen LogP contribution in [0.5, 0.6) is 0 Å². The van der Waals surface area contributed by atoms with Gasteiger partial charge in [-0.15, -0.1) is 0 Å². The summed E-state index contributed by atoms with van der Waals surface area (Å²) in [6.45, 7) is 0. The van der Waals surface area contributed by atoms with E-state index in [2.05, 4.69) is 6.07 Å². The summed E-state index contributed by atoms with van der Waals surface area (Å²) in [4.78, 5) is 0. The van der Waals surface area contributed by atoms with Crippen molar-refractivity contribution in [2.45, 2.75) is 0 Å². The topological polar surface area (TPSA) is 0 Å². The zero-order valence-electron chi connectivity index (χ0n) is 7.60. The van der Waals surface area contributed by atoms with Gasteiger partial charge in [-0.1, -0.05) is 29.8 Å². The normalized spacial score (nSPS) is 10.3. The Morgan fingerprint density at radius 2 is 1.67 bits per heavy atom. The van der Waals surface area contributed by atoms with Gasteiger partial charge in [0.15, 0.2) is 0 Å². The number of hydrogen-bond donors (Lipinski definition) is 0. The van der Waals surface area contributed by atoms with Crippen LogP contribution in [0.3, 0.4) is 0 Å². The van der Waals surface area contributed by atoms with Crippen LogP contribution in [-0.4, -0.2) is 0 Å². The third-order valence-corrected chi connectivity index (χ3v) is 2.39. The van der Waals surface area contributed by atoms with Crippen molar-refractivity contribution >= 4 is 11.6 Å². The lowest BCUT2D eigenvalue weighted by Gasteiger charge is -2.04. The van der Waals surface area contributed by atoms with Crippen LogP contribution in [0.2, 0.25) is 5.02 Å². The maximum Gasteiger partial charge on any atom is 0.142 e. The maximum absolute atomic E-state index is 13.1. The molecule has 0 aromatic heterocycles. The van der Waals surface area contributed by atoms with E-state index in [0.29, 0.717) is 11.1 Å². The smallest absolute Gasteiger partial charge is 0.142 e. The predicted molar refractivity (Wildman–Crippen MR) is 55.6 cm³/mol. The molecule has 0 spiro atoms. The van der Waals surface area contributed by atoms with Gasteiger partial charge < -0.3 is 0 Å². The van der Waals surface area contributed by atoms with Crippen LogP contribution in [0.1, 0.15) is 0 Å². The van der Waals surface area contributed by atoms with E-state index >= 15 is 0 Å². The standard InChI is InChI=1S/C12H6ClF2/c13-12-10(2-1-3-11(12)15)8-4-6-9(14)7-5-8/h1,3-7H. The van der Waals surface area contributed by atoms with Crippen LogP contribution in [0.4, 0.5) is 8.78 Å². The molecule has 0 fully saturated rings. The molecule has 0 nitrogen and oxygen atoms in total. The van der Waals surface area contributed by atoms with E-state index in [1.165, 1.54) is 36.4 Å². The van der Waals surface area contributed by atoms with Crippen LogP contribution >= 0.6 is 11.6 Å². The second-order valence-corrected chi connectivity index (χ2v) is 3.40. The van der Waals surface area contributed by atoms with Gasteiger partial charge in [0.25, 0.3) is 0 Å². The fraction of sp³-hybridized carbons (Fsp3) is 0. The second kappa shape index (κ2) is 3.99. The summed E-state index contributed by atoms with van der Waals surface area (Å²) in [5.41, 5.74) is 1.08. The maximum atomic E-state index is 13.1.